The molecule has 0 fully saturated rings. The van der Waals surface area contributed by atoms with E-state index in [0.717, 1.165) is 0 Å². The molecule has 0 saturated carbocycles. The van der Waals surface area contributed by atoms with Crippen LogP contribution >= 0.6 is 0 Å². The Morgan fingerprint density at radius 3 is 2.24 bits per heavy atom. The summed E-state index contributed by atoms with van der Waals surface area (Å²) in [6.07, 6.45) is -1.46. The van der Waals surface area contributed by atoms with Gasteiger partial charge in [0, 0.05) is 6.54 Å². The molecule has 1 atom stereocenters. The number of aliphatic hydroxyl groups excluding tert-OH is 1. The van der Waals surface area contributed by atoms with Crippen LogP contribution in [0.3, 0.4) is 0 Å². The van der Waals surface area contributed by atoms with E-state index in [1.165, 1.54) is 0 Å². The first kappa shape index (κ1) is 19.6. The molecule has 0 spiro atoms. The van der Waals surface area contributed by atoms with Crippen LogP contribution in [0.5, 0.6) is 0 Å². The van der Waals surface area contributed by atoms with Crippen molar-refractivity contribution >= 4 is 12.1 Å². The number of aliphatic carboxylic acids is 1. The zero-order valence-corrected chi connectivity index (χ0v) is 12.8. The fourth-order valence-corrected chi connectivity index (χ4v) is 1.19. The summed E-state index contributed by atoms with van der Waals surface area (Å²) >= 11 is 0. The zero-order valence-electron chi connectivity index (χ0n) is 12.8. The van der Waals surface area contributed by atoms with Gasteiger partial charge in [-0.2, -0.15) is 0 Å². The van der Waals surface area contributed by atoms with Crippen molar-refractivity contribution in [2.45, 2.75) is 38.9 Å². The van der Waals surface area contributed by atoms with Crippen LogP contribution in [0, 0.1) is 0 Å². The predicted octanol–water partition coefficient (Wildman–Crippen LogP) is 0.380. The summed E-state index contributed by atoms with van der Waals surface area (Å²) in [5.74, 6) is -0.950. The Hall–Kier alpha value is -1.38. The molecule has 0 saturated heterocycles. The van der Waals surface area contributed by atoms with E-state index < -0.39 is 23.8 Å². The van der Waals surface area contributed by atoms with Crippen LogP contribution in [0.2, 0.25) is 0 Å². The molecule has 0 radical (unpaired) electrons. The lowest BCUT2D eigenvalue weighted by Gasteiger charge is -2.19. The molecule has 0 aromatic heterocycles. The molecule has 0 aromatic carbocycles. The van der Waals surface area contributed by atoms with Gasteiger partial charge in [0.05, 0.1) is 32.8 Å². The fraction of sp³-hybridized carbons (Fsp3) is 0.846. The minimum Gasteiger partial charge on any atom is -0.481 e. The van der Waals surface area contributed by atoms with Crippen LogP contribution in [-0.4, -0.2) is 67.0 Å². The number of carbonyl (C=O) groups is 2. The Bertz CT molecular complexity index is 314. The molecule has 0 rings (SSSR count). The van der Waals surface area contributed by atoms with Crippen molar-refractivity contribution in [2.24, 2.45) is 0 Å². The molecular formula is C13H25NO7. The van der Waals surface area contributed by atoms with Crippen molar-refractivity contribution in [3.8, 4) is 0 Å². The third kappa shape index (κ3) is 14.8. The van der Waals surface area contributed by atoms with Crippen molar-refractivity contribution in [3.63, 3.8) is 0 Å². The van der Waals surface area contributed by atoms with E-state index in [1.807, 2.05) is 0 Å². The van der Waals surface area contributed by atoms with Gasteiger partial charge in [-0.3, -0.25) is 4.79 Å². The van der Waals surface area contributed by atoms with Crippen molar-refractivity contribution < 1.29 is 34.0 Å². The lowest BCUT2D eigenvalue weighted by Crippen LogP contribution is -2.34. The maximum Gasteiger partial charge on any atom is 0.407 e. The van der Waals surface area contributed by atoms with Gasteiger partial charge < -0.3 is 29.7 Å². The van der Waals surface area contributed by atoms with Crippen LogP contribution in [-0.2, 0) is 19.0 Å². The highest BCUT2D eigenvalue weighted by Gasteiger charge is 2.15. The second-order valence-electron chi connectivity index (χ2n) is 5.38. The average Bonchev–Trinajstić information content (AvgIpc) is 2.31. The fourth-order valence-electron chi connectivity index (χ4n) is 1.19. The van der Waals surface area contributed by atoms with Gasteiger partial charge in [0.25, 0.3) is 0 Å². The van der Waals surface area contributed by atoms with E-state index in [9.17, 15) is 14.7 Å². The van der Waals surface area contributed by atoms with E-state index in [-0.39, 0.29) is 39.4 Å². The van der Waals surface area contributed by atoms with Gasteiger partial charge in [-0.25, -0.2) is 4.79 Å². The maximum atomic E-state index is 11.3. The second kappa shape index (κ2) is 10.4. The molecule has 0 aliphatic rings. The smallest absolute Gasteiger partial charge is 0.407 e. The number of carboxylic acids is 1. The van der Waals surface area contributed by atoms with Crippen molar-refractivity contribution in [3.05, 3.63) is 0 Å². The minimum absolute atomic E-state index is 0.00672. The summed E-state index contributed by atoms with van der Waals surface area (Å²) in [6, 6.07) is 0. The quantitative estimate of drug-likeness (QED) is 0.500. The largest absolute Gasteiger partial charge is 0.481 e. The van der Waals surface area contributed by atoms with Crippen LogP contribution in [0.1, 0.15) is 27.2 Å². The topological polar surface area (TPSA) is 114 Å². The summed E-state index contributed by atoms with van der Waals surface area (Å²) in [7, 11) is 0. The van der Waals surface area contributed by atoms with Gasteiger partial charge in [-0.05, 0) is 20.8 Å². The molecule has 0 aliphatic heterocycles. The third-order valence-corrected chi connectivity index (χ3v) is 2.00. The first-order chi connectivity index (χ1) is 9.70. The van der Waals surface area contributed by atoms with Crippen molar-refractivity contribution in [1.82, 2.24) is 5.32 Å². The summed E-state index contributed by atoms with van der Waals surface area (Å²) in [4.78, 5) is 21.5. The van der Waals surface area contributed by atoms with Gasteiger partial charge in [-0.15, -0.1) is 0 Å². The number of nitrogens with one attached hydrogen (secondary N) is 1. The molecule has 0 aromatic rings. The van der Waals surface area contributed by atoms with Crippen molar-refractivity contribution in [1.29, 1.82) is 0 Å². The van der Waals surface area contributed by atoms with E-state index in [2.05, 4.69) is 5.32 Å². The van der Waals surface area contributed by atoms with Gasteiger partial charge in [0.1, 0.15) is 11.7 Å². The van der Waals surface area contributed by atoms with Crippen LogP contribution < -0.4 is 5.32 Å². The summed E-state index contributed by atoms with van der Waals surface area (Å²) in [5.41, 5.74) is -0.547. The highest BCUT2D eigenvalue weighted by atomic mass is 16.6. The highest BCUT2D eigenvalue weighted by molar-refractivity contribution is 5.67. The lowest BCUT2D eigenvalue weighted by molar-refractivity contribution is -0.138. The number of hydrogen-bond donors (Lipinski definition) is 3. The number of hydrogen-bond acceptors (Lipinski definition) is 6. The van der Waals surface area contributed by atoms with Crippen LogP contribution in [0.15, 0.2) is 0 Å². The second-order valence-corrected chi connectivity index (χ2v) is 5.38. The molecule has 8 heteroatoms. The number of aliphatic hydroxyl groups is 1. The molecule has 1 amide bonds. The first-order valence-electron chi connectivity index (χ1n) is 6.73. The van der Waals surface area contributed by atoms with Gasteiger partial charge >= 0.3 is 12.1 Å². The maximum absolute atomic E-state index is 11.3. The predicted molar refractivity (Wildman–Crippen MR) is 74.1 cm³/mol. The number of carboxylic acid groups (broad SMARTS) is 1. The number of carbonyl (C=O) groups excluding carboxylic acids is 1. The molecule has 1 unspecified atom stereocenters. The SMILES string of the molecule is CC(C)(C)OC(=O)NCCOCC(O)COCCC(=O)O. The Labute approximate surface area is 124 Å². The van der Waals surface area contributed by atoms with E-state index >= 15 is 0 Å². The number of rotatable bonds is 10. The number of amides is 1. The average molecular weight is 307 g/mol. The Balaban J connectivity index is 3.45. The lowest BCUT2D eigenvalue weighted by atomic mass is 10.2. The Kier molecular flexibility index (Phi) is 9.68. The molecule has 8 nitrogen and oxygen atoms in total. The van der Waals surface area contributed by atoms with E-state index in [1.54, 1.807) is 20.8 Å². The zero-order chi connectivity index (χ0) is 16.3. The summed E-state index contributed by atoms with van der Waals surface area (Å²) in [5, 5.41) is 20.4. The molecular weight excluding hydrogens is 282 g/mol. The summed E-state index contributed by atoms with van der Waals surface area (Å²) in [6.45, 7) is 5.90. The monoisotopic (exact) mass is 307 g/mol. The standard InChI is InChI=1S/C13H25NO7/c1-13(2,3)21-12(18)14-5-7-20-9-10(15)8-19-6-4-11(16)17/h10,15H,4-9H2,1-3H3,(H,14,18)(H,16,17). The molecule has 3 N–H and O–H groups in total. The number of alkyl carbamates (subject to hydrolysis) is 1. The highest BCUT2D eigenvalue weighted by Crippen LogP contribution is 2.06. The Morgan fingerprint density at radius 1 is 1.14 bits per heavy atom. The molecule has 0 aliphatic carbocycles. The van der Waals surface area contributed by atoms with Gasteiger partial charge in [0.2, 0.25) is 0 Å². The molecule has 0 heterocycles. The minimum atomic E-state index is -0.950. The van der Waals surface area contributed by atoms with Crippen molar-refractivity contribution in [2.75, 3.05) is 33.0 Å². The van der Waals surface area contributed by atoms with E-state index in [4.69, 9.17) is 19.3 Å². The van der Waals surface area contributed by atoms with E-state index in [0.29, 0.717) is 0 Å². The summed E-state index contributed by atoms with van der Waals surface area (Å²) < 4.78 is 15.1. The van der Waals surface area contributed by atoms with Crippen LogP contribution in [0.4, 0.5) is 4.79 Å². The Morgan fingerprint density at radius 2 is 1.71 bits per heavy atom. The normalized spacial score (nSPS) is 12.8. The third-order valence-electron chi connectivity index (χ3n) is 2.00. The van der Waals surface area contributed by atoms with Gasteiger partial charge in [-0.1, -0.05) is 0 Å². The number of ether oxygens (including phenoxy) is 3. The molecule has 0 bridgehead atoms. The first-order valence-corrected chi connectivity index (χ1v) is 6.73. The van der Waals surface area contributed by atoms with Crippen LogP contribution in [0.25, 0.3) is 0 Å². The molecule has 124 valence electrons. The van der Waals surface area contributed by atoms with Gasteiger partial charge in [0.15, 0.2) is 0 Å². The molecule has 21 heavy (non-hydrogen) atoms.